The second-order valence-electron chi connectivity index (χ2n) is 8.62. The lowest BCUT2D eigenvalue weighted by Gasteiger charge is -2.32. The average molecular weight is 510 g/mol. The number of carboxylic acid groups (broad SMARTS) is 1. The summed E-state index contributed by atoms with van der Waals surface area (Å²) >= 11 is 12.9. The van der Waals surface area contributed by atoms with Crippen LogP contribution in [0.15, 0.2) is 60.8 Å². The molecule has 0 bridgehead atoms. The number of hydrazine groups is 1. The molecule has 1 aromatic heterocycles. The average Bonchev–Trinajstić information content (AvgIpc) is 3.17. The SMILES string of the molecule is O=C(O)/C=C/c1ccc(/C(=C(\c2ccc(Cl)cc2Cl)C2CCC2)c2ccc3c(c2)C(F)NN3)cn1. The summed E-state index contributed by atoms with van der Waals surface area (Å²) in [7, 11) is 0. The highest BCUT2D eigenvalue weighted by Gasteiger charge is 2.30. The molecular formula is C27H22Cl2FN3O2. The number of allylic oxidation sites excluding steroid dienone is 1. The lowest BCUT2D eigenvalue weighted by molar-refractivity contribution is -0.131. The number of rotatable bonds is 6. The standard InChI is InChI=1S/C27H22Cl2FN3O2/c28-18-6-9-20(22(29)13-18)26(15-2-1-3-15)25(16-5-10-23-21(12-16)27(30)33-32-23)17-4-7-19(31-14-17)8-11-24(34)35/h4-15,27,32-33H,1-3H2,(H,34,35)/b11-8+,26-25-. The Bertz CT molecular complexity index is 1350. The van der Waals surface area contributed by atoms with Crippen LogP contribution in [0, 0.1) is 5.92 Å². The molecule has 1 aliphatic carbocycles. The Morgan fingerprint density at radius 1 is 1.09 bits per heavy atom. The van der Waals surface area contributed by atoms with E-state index >= 15 is 0 Å². The Balaban J connectivity index is 1.73. The van der Waals surface area contributed by atoms with E-state index in [4.69, 9.17) is 28.3 Å². The van der Waals surface area contributed by atoms with Crippen LogP contribution in [0.2, 0.25) is 10.0 Å². The Hall–Kier alpha value is -3.19. The summed E-state index contributed by atoms with van der Waals surface area (Å²) in [4.78, 5) is 15.3. The molecule has 3 aromatic rings. The van der Waals surface area contributed by atoms with Crippen molar-refractivity contribution < 1.29 is 14.3 Å². The number of aromatic nitrogens is 1. The number of hydrogen-bond donors (Lipinski definition) is 3. The lowest BCUT2D eigenvalue weighted by Crippen LogP contribution is -2.15. The van der Waals surface area contributed by atoms with E-state index in [0.29, 0.717) is 27.0 Å². The van der Waals surface area contributed by atoms with Gasteiger partial charge in [-0.3, -0.25) is 4.98 Å². The normalized spacial score (nSPS) is 18.1. The zero-order chi connectivity index (χ0) is 24.5. The number of carboxylic acids is 1. The zero-order valence-electron chi connectivity index (χ0n) is 18.6. The van der Waals surface area contributed by atoms with Crippen molar-refractivity contribution in [2.75, 3.05) is 5.43 Å². The van der Waals surface area contributed by atoms with E-state index in [1.807, 2.05) is 36.4 Å². The molecule has 3 N–H and O–H groups in total. The van der Waals surface area contributed by atoms with E-state index in [-0.39, 0.29) is 5.92 Å². The highest BCUT2D eigenvalue weighted by molar-refractivity contribution is 6.36. The molecule has 5 rings (SSSR count). The van der Waals surface area contributed by atoms with Gasteiger partial charge in [-0.2, -0.15) is 0 Å². The number of hydrogen-bond acceptors (Lipinski definition) is 4. The van der Waals surface area contributed by atoms with Crippen LogP contribution in [0.25, 0.3) is 17.2 Å². The second-order valence-corrected chi connectivity index (χ2v) is 9.46. The molecule has 1 atom stereocenters. The van der Waals surface area contributed by atoms with E-state index < -0.39 is 12.3 Å². The number of halogens is 3. The minimum Gasteiger partial charge on any atom is -0.478 e. The molecule has 8 heteroatoms. The summed E-state index contributed by atoms with van der Waals surface area (Å²) in [5, 5.41) is 10.0. The summed E-state index contributed by atoms with van der Waals surface area (Å²) in [6, 6.07) is 14.8. The maximum absolute atomic E-state index is 14.5. The highest BCUT2D eigenvalue weighted by atomic mass is 35.5. The third-order valence-electron chi connectivity index (χ3n) is 6.42. The van der Waals surface area contributed by atoms with Gasteiger partial charge in [-0.05, 0) is 77.4 Å². The molecule has 0 spiro atoms. The molecule has 0 radical (unpaired) electrons. The van der Waals surface area contributed by atoms with Gasteiger partial charge >= 0.3 is 5.97 Å². The molecule has 5 nitrogen and oxygen atoms in total. The number of benzene rings is 2. The Labute approximate surface area is 212 Å². The number of alkyl halides is 1. The molecule has 35 heavy (non-hydrogen) atoms. The minimum absolute atomic E-state index is 0.279. The first-order valence-electron chi connectivity index (χ1n) is 11.3. The van der Waals surface area contributed by atoms with Gasteiger partial charge in [0.2, 0.25) is 0 Å². The van der Waals surface area contributed by atoms with Crippen LogP contribution < -0.4 is 10.9 Å². The number of nitrogens with zero attached hydrogens (tertiary/aromatic N) is 1. The van der Waals surface area contributed by atoms with Crippen LogP contribution in [0.1, 0.15) is 53.5 Å². The predicted octanol–water partition coefficient (Wildman–Crippen LogP) is 7.14. The fraction of sp³-hybridized carbons (Fsp3) is 0.185. The summed E-state index contributed by atoms with van der Waals surface area (Å²) < 4.78 is 14.5. The number of carbonyl (C=O) groups is 1. The maximum atomic E-state index is 14.5. The molecule has 1 fully saturated rings. The maximum Gasteiger partial charge on any atom is 0.328 e. The Morgan fingerprint density at radius 3 is 2.54 bits per heavy atom. The largest absolute Gasteiger partial charge is 0.478 e. The molecule has 2 heterocycles. The smallest absolute Gasteiger partial charge is 0.328 e. The van der Waals surface area contributed by atoms with Crippen LogP contribution in [-0.4, -0.2) is 16.1 Å². The summed E-state index contributed by atoms with van der Waals surface area (Å²) in [5.41, 5.74) is 11.8. The molecule has 1 saturated carbocycles. The number of fused-ring (bicyclic) bond motifs is 1. The van der Waals surface area contributed by atoms with E-state index in [9.17, 15) is 9.18 Å². The van der Waals surface area contributed by atoms with Crippen molar-refractivity contribution in [1.29, 1.82) is 0 Å². The fourth-order valence-corrected chi connectivity index (χ4v) is 5.02. The van der Waals surface area contributed by atoms with Crippen molar-refractivity contribution in [2.24, 2.45) is 5.92 Å². The van der Waals surface area contributed by atoms with Crippen LogP contribution >= 0.6 is 23.2 Å². The van der Waals surface area contributed by atoms with Crippen molar-refractivity contribution in [1.82, 2.24) is 10.4 Å². The Kier molecular flexibility index (Phi) is 6.60. The molecule has 2 aliphatic rings. The molecular weight excluding hydrogens is 488 g/mol. The minimum atomic E-state index is -1.32. The molecule has 1 aliphatic heterocycles. The van der Waals surface area contributed by atoms with Crippen molar-refractivity contribution in [3.63, 3.8) is 0 Å². The van der Waals surface area contributed by atoms with Gasteiger partial charge in [0.25, 0.3) is 0 Å². The van der Waals surface area contributed by atoms with Gasteiger partial charge in [-0.15, -0.1) is 0 Å². The van der Waals surface area contributed by atoms with Gasteiger partial charge < -0.3 is 10.5 Å². The summed E-state index contributed by atoms with van der Waals surface area (Å²) in [6.45, 7) is 0. The van der Waals surface area contributed by atoms with Gasteiger partial charge in [-0.25, -0.2) is 14.6 Å². The van der Waals surface area contributed by atoms with Crippen molar-refractivity contribution in [3.8, 4) is 0 Å². The van der Waals surface area contributed by atoms with Crippen molar-refractivity contribution >= 4 is 52.1 Å². The Morgan fingerprint density at radius 2 is 1.89 bits per heavy atom. The first-order valence-corrected chi connectivity index (χ1v) is 12.0. The monoisotopic (exact) mass is 509 g/mol. The molecule has 0 amide bonds. The first-order chi connectivity index (χ1) is 16.9. The van der Waals surface area contributed by atoms with E-state index in [1.54, 1.807) is 18.3 Å². The van der Waals surface area contributed by atoms with Crippen LogP contribution in [0.3, 0.4) is 0 Å². The van der Waals surface area contributed by atoms with Crippen LogP contribution in [0.4, 0.5) is 10.1 Å². The molecule has 2 aromatic carbocycles. The molecule has 1 unspecified atom stereocenters. The van der Waals surface area contributed by atoms with Gasteiger partial charge in [0, 0.05) is 33.4 Å². The molecule has 0 saturated heterocycles. The third kappa shape index (κ3) is 4.82. The van der Waals surface area contributed by atoms with Crippen molar-refractivity contribution in [3.05, 3.63) is 98.8 Å². The molecule has 178 valence electrons. The quantitative estimate of drug-likeness (QED) is 0.187. The summed E-state index contributed by atoms with van der Waals surface area (Å²) in [6.07, 6.45) is 6.05. The van der Waals surface area contributed by atoms with Crippen molar-refractivity contribution in [2.45, 2.75) is 25.6 Å². The number of anilines is 1. The lowest BCUT2D eigenvalue weighted by atomic mass is 9.73. The zero-order valence-corrected chi connectivity index (χ0v) is 20.1. The van der Waals surface area contributed by atoms with Crippen LogP contribution in [-0.2, 0) is 4.79 Å². The third-order valence-corrected chi connectivity index (χ3v) is 6.97. The highest BCUT2D eigenvalue weighted by Crippen LogP contribution is 2.47. The van der Waals surface area contributed by atoms with Crippen LogP contribution in [0.5, 0.6) is 0 Å². The number of aliphatic carboxylic acids is 1. The summed E-state index contributed by atoms with van der Waals surface area (Å²) in [5.74, 6) is -0.761. The van der Waals surface area contributed by atoms with E-state index in [0.717, 1.165) is 53.2 Å². The number of nitrogens with one attached hydrogen (secondary N) is 2. The second kappa shape index (κ2) is 9.82. The van der Waals surface area contributed by atoms with E-state index in [2.05, 4.69) is 15.8 Å². The topological polar surface area (TPSA) is 74.2 Å². The van der Waals surface area contributed by atoms with Gasteiger partial charge in [0.05, 0.1) is 11.4 Å². The fourth-order valence-electron chi connectivity index (χ4n) is 4.51. The first kappa shape index (κ1) is 23.5. The van der Waals surface area contributed by atoms with Gasteiger partial charge in [-0.1, -0.05) is 47.8 Å². The van der Waals surface area contributed by atoms with Gasteiger partial charge in [0.15, 0.2) is 6.30 Å². The van der Waals surface area contributed by atoms with Gasteiger partial charge in [0.1, 0.15) is 0 Å². The predicted molar refractivity (Wildman–Crippen MR) is 138 cm³/mol. The number of pyridine rings is 1. The van der Waals surface area contributed by atoms with E-state index in [1.165, 1.54) is 6.08 Å².